The van der Waals surface area contributed by atoms with E-state index in [2.05, 4.69) is 31.9 Å². The highest BCUT2D eigenvalue weighted by Gasteiger charge is 2.45. The molecule has 2 aromatic heterocycles. The number of anilines is 1. The second kappa shape index (κ2) is 5.28. The molecule has 21 heavy (non-hydrogen) atoms. The van der Waals surface area contributed by atoms with E-state index in [-0.39, 0.29) is 0 Å². The van der Waals surface area contributed by atoms with Gasteiger partial charge in [-0.2, -0.15) is 0 Å². The average molecular weight is 301 g/mol. The fourth-order valence-corrected chi connectivity index (χ4v) is 3.70. The number of hydrogen-bond donors (Lipinski definition) is 0. The molecule has 0 radical (unpaired) electrons. The molecular weight excluding hydrogens is 284 g/mol. The Balaban J connectivity index is 1.46. The molecular formula is C16H17ClN4. The Morgan fingerprint density at radius 3 is 2.57 bits per heavy atom. The van der Waals surface area contributed by atoms with E-state index in [0.29, 0.717) is 12.1 Å². The van der Waals surface area contributed by atoms with Crippen LogP contribution in [0.15, 0.2) is 42.9 Å². The van der Waals surface area contributed by atoms with E-state index >= 15 is 0 Å². The summed E-state index contributed by atoms with van der Waals surface area (Å²) in [5.41, 5.74) is 1.33. The Morgan fingerprint density at radius 1 is 1.10 bits per heavy atom. The summed E-state index contributed by atoms with van der Waals surface area (Å²) in [6.07, 6.45) is 6.80. The maximum absolute atomic E-state index is 6.28. The van der Waals surface area contributed by atoms with Crippen LogP contribution in [0.3, 0.4) is 0 Å². The van der Waals surface area contributed by atoms with E-state index in [9.17, 15) is 0 Å². The summed E-state index contributed by atoms with van der Waals surface area (Å²) in [7, 11) is 0. The SMILES string of the molecule is Clc1cccnc1N1C2CC1CN(Cc1ccncc1)C2. The molecule has 0 aliphatic carbocycles. The molecule has 5 rings (SSSR count). The van der Waals surface area contributed by atoms with E-state index in [4.69, 9.17) is 11.6 Å². The van der Waals surface area contributed by atoms with Crippen molar-refractivity contribution in [3.63, 3.8) is 0 Å². The van der Waals surface area contributed by atoms with E-state index in [1.165, 1.54) is 12.0 Å². The third-order valence-electron chi connectivity index (χ3n) is 4.41. The van der Waals surface area contributed by atoms with E-state index in [1.807, 2.05) is 30.7 Å². The Bertz CT molecular complexity index is 621. The number of hydrogen-bond acceptors (Lipinski definition) is 4. The lowest BCUT2D eigenvalue weighted by Crippen LogP contribution is -2.69. The number of aromatic nitrogens is 2. The van der Waals surface area contributed by atoms with Crippen LogP contribution in [-0.4, -0.2) is 40.0 Å². The van der Waals surface area contributed by atoms with Crippen LogP contribution in [0.5, 0.6) is 0 Å². The monoisotopic (exact) mass is 300 g/mol. The molecule has 2 atom stereocenters. The van der Waals surface area contributed by atoms with Gasteiger partial charge in [-0.05, 0) is 36.2 Å². The molecule has 0 N–H and O–H groups in total. The molecule has 5 heterocycles. The van der Waals surface area contributed by atoms with Crippen LogP contribution in [-0.2, 0) is 6.54 Å². The Kier molecular flexibility index (Phi) is 3.28. The van der Waals surface area contributed by atoms with Crippen molar-refractivity contribution >= 4 is 17.4 Å². The average Bonchev–Trinajstić information content (AvgIpc) is 2.50. The number of fused-ring (bicyclic) bond motifs is 2. The van der Waals surface area contributed by atoms with E-state index in [1.54, 1.807) is 0 Å². The topological polar surface area (TPSA) is 32.3 Å². The van der Waals surface area contributed by atoms with E-state index < -0.39 is 0 Å². The molecule has 3 aliphatic heterocycles. The van der Waals surface area contributed by atoms with Gasteiger partial charge in [0.15, 0.2) is 0 Å². The van der Waals surface area contributed by atoms with Gasteiger partial charge in [-0.3, -0.25) is 9.88 Å². The molecule has 2 unspecified atom stereocenters. The number of rotatable bonds is 3. The lowest BCUT2D eigenvalue weighted by molar-refractivity contribution is 0.108. The Morgan fingerprint density at radius 2 is 1.86 bits per heavy atom. The minimum absolute atomic E-state index is 0.540. The van der Waals surface area contributed by atoms with Gasteiger partial charge < -0.3 is 4.90 Å². The van der Waals surface area contributed by atoms with Crippen molar-refractivity contribution in [2.45, 2.75) is 25.0 Å². The molecule has 3 saturated heterocycles. The van der Waals surface area contributed by atoms with Crippen LogP contribution >= 0.6 is 11.6 Å². The molecule has 0 aromatic carbocycles. The lowest BCUT2D eigenvalue weighted by Gasteiger charge is -2.57. The molecule has 0 spiro atoms. The third-order valence-corrected chi connectivity index (χ3v) is 4.70. The maximum atomic E-state index is 6.28. The highest BCUT2D eigenvalue weighted by atomic mass is 35.5. The molecule has 0 saturated carbocycles. The van der Waals surface area contributed by atoms with Crippen molar-refractivity contribution in [1.82, 2.24) is 14.9 Å². The molecule has 5 heteroatoms. The largest absolute Gasteiger partial charge is 0.347 e. The zero-order valence-corrected chi connectivity index (χ0v) is 12.4. The van der Waals surface area contributed by atoms with Gasteiger partial charge in [0.25, 0.3) is 0 Å². The van der Waals surface area contributed by atoms with Gasteiger partial charge in [0.05, 0.1) is 5.02 Å². The smallest absolute Gasteiger partial charge is 0.147 e. The molecule has 3 aliphatic rings. The first kappa shape index (κ1) is 13.0. The fraction of sp³-hybridized carbons (Fsp3) is 0.375. The zero-order valence-electron chi connectivity index (χ0n) is 11.7. The van der Waals surface area contributed by atoms with Gasteiger partial charge in [-0.15, -0.1) is 0 Å². The van der Waals surface area contributed by atoms with Gasteiger partial charge >= 0.3 is 0 Å². The standard InChI is InChI=1S/C16H17ClN4/c17-15-2-1-5-19-16(15)21-13-8-14(21)11-20(10-13)9-12-3-6-18-7-4-12/h1-7,13-14H,8-11H2. The first-order valence-corrected chi connectivity index (χ1v) is 7.69. The summed E-state index contributed by atoms with van der Waals surface area (Å²) in [6, 6.07) is 9.07. The minimum atomic E-state index is 0.540. The second-order valence-electron chi connectivity index (χ2n) is 5.81. The van der Waals surface area contributed by atoms with Gasteiger partial charge in [0.1, 0.15) is 5.82 Å². The Hall–Kier alpha value is -1.65. The number of piperidine rings is 1. The molecule has 2 aromatic rings. The number of nitrogens with zero attached hydrogens (tertiary/aromatic N) is 4. The van der Waals surface area contributed by atoms with Crippen LogP contribution in [0.4, 0.5) is 5.82 Å². The van der Waals surface area contributed by atoms with Crippen LogP contribution in [0, 0.1) is 0 Å². The quantitative estimate of drug-likeness (QED) is 0.872. The number of halogens is 1. The summed E-state index contributed by atoms with van der Waals surface area (Å²) in [4.78, 5) is 13.4. The highest BCUT2D eigenvalue weighted by Crippen LogP contribution is 2.39. The van der Waals surface area contributed by atoms with Gasteiger partial charge in [0, 0.05) is 50.3 Å². The second-order valence-corrected chi connectivity index (χ2v) is 6.22. The van der Waals surface area contributed by atoms with Crippen molar-refractivity contribution < 1.29 is 0 Å². The molecule has 108 valence electrons. The van der Waals surface area contributed by atoms with E-state index in [0.717, 1.165) is 30.5 Å². The summed E-state index contributed by atoms with van der Waals surface area (Å²) in [5.74, 6) is 0.948. The molecule has 3 fully saturated rings. The third kappa shape index (κ3) is 2.39. The predicted molar refractivity (Wildman–Crippen MR) is 83.4 cm³/mol. The minimum Gasteiger partial charge on any atom is -0.347 e. The molecule has 4 nitrogen and oxygen atoms in total. The predicted octanol–water partition coefficient (Wildman–Crippen LogP) is 2.59. The summed E-state index contributed by atoms with van der Waals surface area (Å²) >= 11 is 6.28. The normalized spacial score (nSPS) is 24.7. The fourth-order valence-electron chi connectivity index (χ4n) is 3.49. The highest BCUT2D eigenvalue weighted by molar-refractivity contribution is 6.33. The first-order valence-electron chi connectivity index (χ1n) is 7.31. The van der Waals surface area contributed by atoms with Crippen LogP contribution in [0.25, 0.3) is 0 Å². The van der Waals surface area contributed by atoms with Crippen LogP contribution in [0.1, 0.15) is 12.0 Å². The number of pyridine rings is 2. The first-order chi connectivity index (χ1) is 10.3. The van der Waals surface area contributed by atoms with Crippen molar-refractivity contribution in [2.24, 2.45) is 0 Å². The van der Waals surface area contributed by atoms with Crippen molar-refractivity contribution in [1.29, 1.82) is 0 Å². The Labute approximate surface area is 129 Å². The van der Waals surface area contributed by atoms with Crippen molar-refractivity contribution in [3.8, 4) is 0 Å². The summed E-state index contributed by atoms with van der Waals surface area (Å²) in [5, 5.41) is 0.759. The van der Waals surface area contributed by atoms with Crippen LogP contribution < -0.4 is 4.90 Å². The van der Waals surface area contributed by atoms with Crippen LogP contribution in [0.2, 0.25) is 5.02 Å². The van der Waals surface area contributed by atoms with Crippen molar-refractivity contribution in [3.05, 3.63) is 53.4 Å². The maximum Gasteiger partial charge on any atom is 0.147 e. The zero-order chi connectivity index (χ0) is 14.2. The van der Waals surface area contributed by atoms with Crippen molar-refractivity contribution in [2.75, 3.05) is 18.0 Å². The molecule has 2 bridgehead atoms. The lowest BCUT2D eigenvalue weighted by atomic mass is 9.87. The van der Waals surface area contributed by atoms with Gasteiger partial charge in [0.2, 0.25) is 0 Å². The van der Waals surface area contributed by atoms with Gasteiger partial charge in [-0.1, -0.05) is 11.6 Å². The van der Waals surface area contributed by atoms with Gasteiger partial charge in [-0.25, -0.2) is 4.98 Å². The summed E-state index contributed by atoms with van der Waals surface area (Å²) in [6.45, 7) is 3.15. The summed E-state index contributed by atoms with van der Waals surface area (Å²) < 4.78 is 0. The molecule has 0 amide bonds. The number of piperazine rings is 1.